The Kier molecular flexibility index (Phi) is 7.01. The fraction of sp³-hybridized carbons (Fsp3) is 0.667. The number of aliphatic hydroxyl groups is 1. The largest absolute Gasteiger partial charge is 0.395 e. The third kappa shape index (κ3) is 7.46. The fourth-order valence-electron chi connectivity index (χ4n) is 0.467. The summed E-state index contributed by atoms with van der Waals surface area (Å²) in [5.41, 5.74) is 0. The topological polar surface area (TPSA) is 44.3 Å². The van der Waals surface area contributed by atoms with E-state index in [1.165, 1.54) is 0 Å². The molecule has 0 aliphatic heterocycles. The lowest BCUT2D eigenvalue weighted by atomic mass is 10.6. The van der Waals surface area contributed by atoms with Gasteiger partial charge in [-0.3, -0.25) is 0 Å². The summed E-state index contributed by atoms with van der Waals surface area (Å²) in [5, 5.41) is 14.3. The van der Waals surface area contributed by atoms with Gasteiger partial charge in [0.1, 0.15) is 0 Å². The van der Waals surface area contributed by atoms with E-state index in [1.54, 1.807) is 6.20 Å². The smallest absolute Gasteiger partial charge is 0.0555 e. The van der Waals surface area contributed by atoms with Gasteiger partial charge in [0.05, 0.1) is 6.61 Å². The summed E-state index contributed by atoms with van der Waals surface area (Å²) in [6, 6.07) is 0. The minimum absolute atomic E-state index is 0.202. The van der Waals surface area contributed by atoms with Crippen LogP contribution >= 0.6 is 0 Å². The number of rotatable bonds is 6. The van der Waals surface area contributed by atoms with Crippen LogP contribution in [0.1, 0.15) is 0 Å². The van der Waals surface area contributed by atoms with E-state index in [4.69, 9.17) is 5.11 Å². The third-order valence-electron chi connectivity index (χ3n) is 0.879. The summed E-state index contributed by atoms with van der Waals surface area (Å²) >= 11 is 0. The van der Waals surface area contributed by atoms with E-state index in [0.29, 0.717) is 6.54 Å². The van der Waals surface area contributed by atoms with E-state index >= 15 is 0 Å². The van der Waals surface area contributed by atoms with Gasteiger partial charge in [-0.15, -0.1) is 0 Å². The lowest BCUT2D eigenvalue weighted by molar-refractivity contribution is 0.293. The minimum Gasteiger partial charge on any atom is -0.395 e. The average Bonchev–Trinajstić information content (AvgIpc) is 1.89. The molecule has 0 aliphatic rings. The Morgan fingerprint density at radius 3 is 2.67 bits per heavy atom. The van der Waals surface area contributed by atoms with E-state index in [9.17, 15) is 0 Å². The van der Waals surface area contributed by atoms with Gasteiger partial charge >= 0.3 is 0 Å². The molecule has 0 saturated carbocycles. The normalized spacial score (nSPS) is 9.00. The van der Waals surface area contributed by atoms with Crippen molar-refractivity contribution in [3.8, 4) is 0 Å². The Labute approximate surface area is 55.8 Å². The number of nitrogens with one attached hydrogen (secondary N) is 2. The molecule has 54 valence electrons. The van der Waals surface area contributed by atoms with E-state index in [-0.39, 0.29) is 6.61 Å². The zero-order chi connectivity index (χ0) is 6.95. The molecule has 9 heavy (non-hydrogen) atoms. The fourth-order valence-corrected chi connectivity index (χ4v) is 0.467. The van der Waals surface area contributed by atoms with E-state index < -0.39 is 0 Å². The van der Waals surface area contributed by atoms with Gasteiger partial charge in [0.15, 0.2) is 0 Å². The highest BCUT2D eigenvalue weighted by Crippen LogP contribution is 1.58. The van der Waals surface area contributed by atoms with Crippen LogP contribution in [-0.2, 0) is 0 Å². The molecule has 3 heteroatoms. The monoisotopic (exact) mass is 130 g/mol. The van der Waals surface area contributed by atoms with Crippen molar-refractivity contribution in [2.75, 3.05) is 26.2 Å². The van der Waals surface area contributed by atoms with Gasteiger partial charge in [0.2, 0.25) is 0 Å². The molecular weight excluding hydrogens is 116 g/mol. The third-order valence-corrected chi connectivity index (χ3v) is 0.879. The van der Waals surface area contributed by atoms with Crippen LogP contribution in [0.15, 0.2) is 12.8 Å². The van der Waals surface area contributed by atoms with Crippen LogP contribution in [0.25, 0.3) is 0 Å². The van der Waals surface area contributed by atoms with Gasteiger partial charge in [-0.1, -0.05) is 6.58 Å². The van der Waals surface area contributed by atoms with Crippen LogP contribution in [-0.4, -0.2) is 31.3 Å². The van der Waals surface area contributed by atoms with Crippen molar-refractivity contribution in [3.63, 3.8) is 0 Å². The Hall–Kier alpha value is -0.540. The molecule has 0 rings (SSSR count). The maximum Gasteiger partial charge on any atom is 0.0555 e. The van der Waals surface area contributed by atoms with Crippen molar-refractivity contribution in [3.05, 3.63) is 12.8 Å². The summed E-state index contributed by atoms with van der Waals surface area (Å²) < 4.78 is 0. The van der Waals surface area contributed by atoms with Gasteiger partial charge in [0, 0.05) is 19.6 Å². The predicted molar refractivity (Wildman–Crippen MR) is 38.2 cm³/mol. The molecule has 0 bridgehead atoms. The molecule has 0 fully saturated rings. The van der Waals surface area contributed by atoms with Gasteiger partial charge in [-0.25, -0.2) is 0 Å². The van der Waals surface area contributed by atoms with E-state index in [1.807, 2.05) is 0 Å². The second-order valence-corrected chi connectivity index (χ2v) is 1.63. The minimum atomic E-state index is 0.202. The highest BCUT2D eigenvalue weighted by molar-refractivity contribution is 4.63. The SMILES string of the molecule is C=CNCCNCCO. The second-order valence-electron chi connectivity index (χ2n) is 1.63. The molecule has 0 amide bonds. The summed E-state index contributed by atoms with van der Waals surface area (Å²) in [6.45, 7) is 6.09. The maximum atomic E-state index is 8.32. The Morgan fingerprint density at radius 1 is 1.33 bits per heavy atom. The molecule has 0 aliphatic carbocycles. The zero-order valence-corrected chi connectivity index (χ0v) is 5.56. The van der Waals surface area contributed by atoms with Crippen molar-refractivity contribution in [2.45, 2.75) is 0 Å². The first kappa shape index (κ1) is 8.46. The molecule has 0 aromatic rings. The molecule has 0 spiro atoms. The first-order valence-electron chi connectivity index (χ1n) is 3.07. The van der Waals surface area contributed by atoms with Crippen molar-refractivity contribution >= 4 is 0 Å². The first-order chi connectivity index (χ1) is 4.41. The quantitative estimate of drug-likeness (QED) is 0.417. The summed E-state index contributed by atoms with van der Waals surface area (Å²) in [6.07, 6.45) is 1.65. The molecule has 3 nitrogen and oxygen atoms in total. The highest BCUT2D eigenvalue weighted by atomic mass is 16.3. The van der Waals surface area contributed by atoms with Crippen molar-refractivity contribution in [1.29, 1.82) is 0 Å². The Balaban J connectivity index is 2.66. The van der Waals surface area contributed by atoms with Crippen LogP contribution < -0.4 is 10.6 Å². The molecular formula is C6H14N2O. The summed E-state index contributed by atoms with van der Waals surface area (Å²) in [5.74, 6) is 0. The molecule has 0 heterocycles. The van der Waals surface area contributed by atoms with Crippen molar-refractivity contribution in [2.24, 2.45) is 0 Å². The van der Waals surface area contributed by atoms with Gasteiger partial charge in [0.25, 0.3) is 0 Å². The van der Waals surface area contributed by atoms with Crippen molar-refractivity contribution < 1.29 is 5.11 Å². The average molecular weight is 130 g/mol. The second kappa shape index (κ2) is 7.46. The van der Waals surface area contributed by atoms with Crippen LogP contribution in [0.5, 0.6) is 0 Å². The lowest BCUT2D eigenvalue weighted by Gasteiger charge is -2.00. The summed E-state index contributed by atoms with van der Waals surface area (Å²) in [7, 11) is 0. The number of aliphatic hydroxyl groups excluding tert-OH is 1. The molecule has 0 aromatic carbocycles. The van der Waals surface area contributed by atoms with Gasteiger partial charge in [-0.05, 0) is 6.20 Å². The van der Waals surface area contributed by atoms with Crippen LogP contribution in [0.4, 0.5) is 0 Å². The van der Waals surface area contributed by atoms with Gasteiger partial charge in [-0.2, -0.15) is 0 Å². The van der Waals surface area contributed by atoms with E-state index in [0.717, 1.165) is 13.1 Å². The van der Waals surface area contributed by atoms with Crippen LogP contribution in [0.3, 0.4) is 0 Å². The molecule has 0 radical (unpaired) electrons. The summed E-state index contributed by atoms with van der Waals surface area (Å²) in [4.78, 5) is 0. The first-order valence-corrected chi connectivity index (χ1v) is 3.07. The van der Waals surface area contributed by atoms with Crippen LogP contribution in [0.2, 0.25) is 0 Å². The molecule has 0 atom stereocenters. The molecule has 3 N–H and O–H groups in total. The number of hydrogen-bond acceptors (Lipinski definition) is 3. The lowest BCUT2D eigenvalue weighted by Crippen LogP contribution is -2.26. The molecule has 0 unspecified atom stereocenters. The highest BCUT2D eigenvalue weighted by Gasteiger charge is 1.80. The standard InChI is InChI=1S/C6H14N2O/c1-2-7-3-4-8-5-6-9/h2,7-9H,1,3-6H2. The predicted octanol–water partition coefficient (Wildman–Crippen LogP) is -0.699. The van der Waals surface area contributed by atoms with Crippen molar-refractivity contribution in [1.82, 2.24) is 10.6 Å². The number of hydrogen-bond donors (Lipinski definition) is 3. The zero-order valence-electron chi connectivity index (χ0n) is 5.56. The molecule has 0 saturated heterocycles. The van der Waals surface area contributed by atoms with E-state index in [2.05, 4.69) is 17.2 Å². The Bertz CT molecular complexity index is 66.1. The Morgan fingerprint density at radius 2 is 2.11 bits per heavy atom. The van der Waals surface area contributed by atoms with Gasteiger partial charge < -0.3 is 15.7 Å². The molecule has 0 aromatic heterocycles. The van der Waals surface area contributed by atoms with Crippen LogP contribution in [0, 0.1) is 0 Å². The maximum absolute atomic E-state index is 8.32.